The third-order valence-corrected chi connectivity index (χ3v) is 3.38. The quantitative estimate of drug-likeness (QED) is 0.789. The van der Waals surface area contributed by atoms with Gasteiger partial charge in [-0.1, -0.05) is 36.0 Å². The van der Waals surface area contributed by atoms with Crippen LogP contribution in [0.2, 0.25) is 0 Å². The van der Waals surface area contributed by atoms with E-state index in [2.05, 4.69) is 0 Å². The van der Waals surface area contributed by atoms with Crippen molar-refractivity contribution in [3.63, 3.8) is 0 Å². The summed E-state index contributed by atoms with van der Waals surface area (Å²) in [4.78, 5) is 23.4. The molecular formula is C15H14O2S. The minimum atomic E-state index is 0.0547. The predicted octanol–water partition coefficient (Wildman–Crippen LogP) is 3.61. The Labute approximate surface area is 110 Å². The average Bonchev–Trinajstić information content (AvgIpc) is 2.27. The van der Waals surface area contributed by atoms with Crippen LogP contribution in [-0.2, 0) is 16.0 Å². The zero-order valence-electron chi connectivity index (χ0n) is 10.4. The average molecular weight is 258 g/mol. The Kier molecular flexibility index (Phi) is 3.82. The summed E-state index contributed by atoms with van der Waals surface area (Å²) in [5.74, 6) is 0.130. The van der Waals surface area contributed by atoms with E-state index in [1.807, 2.05) is 36.4 Å². The molecule has 0 unspecified atom stereocenters. The summed E-state index contributed by atoms with van der Waals surface area (Å²) in [7, 11) is 0. The van der Waals surface area contributed by atoms with E-state index in [0.29, 0.717) is 6.42 Å². The second-order valence-electron chi connectivity index (χ2n) is 4.28. The zero-order chi connectivity index (χ0) is 13.1. The smallest absolute Gasteiger partial charge is 0.190 e. The summed E-state index contributed by atoms with van der Waals surface area (Å²) < 4.78 is 0. The van der Waals surface area contributed by atoms with Crippen molar-refractivity contribution in [3.05, 3.63) is 42.0 Å². The molecule has 0 saturated carbocycles. The fraction of sp³-hybridized carbons (Fsp3) is 0.200. The number of Topliss-reactive ketones (excluding diaryl/α,β-unsaturated/α-hetero) is 1. The van der Waals surface area contributed by atoms with E-state index in [9.17, 15) is 9.59 Å². The van der Waals surface area contributed by atoms with E-state index < -0.39 is 0 Å². The topological polar surface area (TPSA) is 34.1 Å². The molecule has 0 saturated heterocycles. The van der Waals surface area contributed by atoms with E-state index in [4.69, 9.17) is 0 Å². The van der Waals surface area contributed by atoms with Gasteiger partial charge in [0.15, 0.2) is 5.12 Å². The molecule has 0 heterocycles. The van der Waals surface area contributed by atoms with E-state index in [-0.39, 0.29) is 10.9 Å². The second kappa shape index (κ2) is 5.36. The molecule has 2 nitrogen and oxygen atoms in total. The lowest BCUT2D eigenvalue weighted by molar-refractivity contribution is -0.116. The number of benzene rings is 2. The standard InChI is InChI=1S/C15H14O2S/c1-10(16)7-13-9-14(18-11(2)17)8-12-5-3-4-6-15(12)13/h3-6,8-9H,7H2,1-2H3. The van der Waals surface area contributed by atoms with Crippen LogP contribution in [-0.4, -0.2) is 10.9 Å². The molecule has 0 aromatic heterocycles. The van der Waals surface area contributed by atoms with Gasteiger partial charge in [0, 0.05) is 18.2 Å². The molecule has 2 aromatic carbocycles. The maximum atomic E-state index is 11.3. The summed E-state index contributed by atoms with van der Waals surface area (Å²) >= 11 is 1.20. The summed E-state index contributed by atoms with van der Waals surface area (Å²) in [6.45, 7) is 3.13. The van der Waals surface area contributed by atoms with Gasteiger partial charge in [0.2, 0.25) is 0 Å². The van der Waals surface area contributed by atoms with Gasteiger partial charge in [0.05, 0.1) is 0 Å². The minimum absolute atomic E-state index is 0.0547. The van der Waals surface area contributed by atoms with Crippen LogP contribution in [0.5, 0.6) is 0 Å². The first kappa shape index (κ1) is 12.8. The maximum Gasteiger partial charge on any atom is 0.190 e. The first-order valence-electron chi connectivity index (χ1n) is 5.76. The van der Waals surface area contributed by atoms with Crippen molar-refractivity contribution in [1.82, 2.24) is 0 Å². The van der Waals surface area contributed by atoms with Gasteiger partial charge in [0.25, 0.3) is 0 Å². The van der Waals surface area contributed by atoms with Gasteiger partial charge in [-0.05, 0) is 35.4 Å². The van der Waals surface area contributed by atoms with Crippen LogP contribution in [0.25, 0.3) is 10.8 Å². The van der Waals surface area contributed by atoms with Crippen LogP contribution in [0.15, 0.2) is 41.3 Å². The Balaban J connectivity index is 2.56. The normalized spacial score (nSPS) is 10.6. The second-order valence-corrected chi connectivity index (χ2v) is 5.53. The molecule has 0 radical (unpaired) electrons. The summed E-state index contributed by atoms with van der Waals surface area (Å²) in [5.41, 5.74) is 0.990. The zero-order valence-corrected chi connectivity index (χ0v) is 11.2. The molecule has 0 aliphatic heterocycles. The number of fused-ring (bicyclic) bond motifs is 1. The van der Waals surface area contributed by atoms with Crippen LogP contribution < -0.4 is 0 Å². The van der Waals surface area contributed by atoms with Gasteiger partial charge in [-0.15, -0.1) is 0 Å². The van der Waals surface area contributed by atoms with Gasteiger partial charge >= 0.3 is 0 Å². The van der Waals surface area contributed by atoms with Crippen molar-refractivity contribution in [1.29, 1.82) is 0 Å². The number of hydrogen-bond donors (Lipinski definition) is 0. The van der Waals surface area contributed by atoms with Gasteiger partial charge in [-0.25, -0.2) is 0 Å². The molecule has 2 rings (SSSR count). The van der Waals surface area contributed by atoms with Crippen molar-refractivity contribution >= 4 is 33.4 Å². The highest BCUT2D eigenvalue weighted by Crippen LogP contribution is 2.28. The lowest BCUT2D eigenvalue weighted by atomic mass is 10.0. The monoisotopic (exact) mass is 258 g/mol. The van der Waals surface area contributed by atoms with Gasteiger partial charge in [-0.2, -0.15) is 0 Å². The molecule has 92 valence electrons. The van der Waals surface area contributed by atoms with Crippen molar-refractivity contribution in [3.8, 4) is 0 Å². The maximum absolute atomic E-state index is 11.3. The molecule has 18 heavy (non-hydrogen) atoms. The number of carbonyl (C=O) groups is 2. The van der Waals surface area contributed by atoms with Crippen LogP contribution >= 0.6 is 11.8 Å². The highest BCUT2D eigenvalue weighted by Gasteiger charge is 2.08. The number of hydrogen-bond acceptors (Lipinski definition) is 3. The molecular weight excluding hydrogens is 244 g/mol. The molecule has 0 amide bonds. The largest absolute Gasteiger partial charge is 0.300 e. The minimum Gasteiger partial charge on any atom is -0.300 e. The summed E-state index contributed by atoms with van der Waals surface area (Å²) in [6.07, 6.45) is 0.410. The molecule has 2 aromatic rings. The highest BCUT2D eigenvalue weighted by atomic mass is 32.2. The third kappa shape index (κ3) is 2.99. The molecule has 3 heteroatoms. The molecule has 0 aliphatic carbocycles. The van der Waals surface area contributed by atoms with E-state index in [1.165, 1.54) is 11.8 Å². The number of carbonyl (C=O) groups excluding carboxylic acids is 2. The fourth-order valence-corrected chi connectivity index (χ4v) is 2.72. The molecule has 0 bridgehead atoms. The molecule has 0 aliphatic rings. The van der Waals surface area contributed by atoms with E-state index in [0.717, 1.165) is 21.2 Å². The van der Waals surface area contributed by atoms with Crippen LogP contribution in [0, 0.1) is 0 Å². The van der Waals surface area contributed by atoms with Crippen molar-refractivity contribution in [2.45, 2.75) is 25.2 Å². The summed E-state index contributed by atoms with van der Waals surface area (Å²) in [6, 6.07) is 11.9. The molecule has 0 fully saturated rings. The SMILES string of the molecule is CC(=O)Cc1cc(SC(C)=O)cc2ccccc12. The van der Waals surface area contributed by atoms with Crippen molar-refractivity contribution in [2.24, 2.45) is 0 Å². The Morgan fingerprint density at radius 3 is 2.50 bits per heavy atom. The van der Waals surface area contributed by atoms with Crippen molar-refractivity contribution in [2.75, 3.05) is 0 Å². The van der Waals surface area contributed by atoms with Crippen LogP contribution in [0.1, 0.15) is 19.4 Å². The first-order valence-corrected chi connectivity index (χ1v) is 6.57. The Hall–Kier alpha value is -1.61. The van der Waals surface area contributed by atoms with E-state index >= 15 is 0 Å². The van der Waals surface area contributed by atoms with E-state index in [1.54, 1.807) is 13.8 Å². The number of rotatable bonds is 3. The summed E-state index contributed by atoms with van der Waals surface area (Å²) in [5, 5.41) is 2.21. The first-order chi connectivity index (χ1) is 8.56. The molecule has 0 N–H and O–H groups in total. The lowest BCUT2D eigenvalue weighted by Crippen LogP contribution is -1.98. The number of ketones is 1. The Morgan fingerprint density at radius 2 is 1.83 bits per heavy atom. The molecule has 0 atom stereocenters. The van der Waals surface area contributed by atoms with Crippen molar-refractivity contribution < 1.29 is 9.59 Å². The third-order valence-electron chi connectivity index (χ3n) is 2.62. The fourth-order valence-electron chi connectivity index (χ4n) is 2.00. The van der Waals surface area contributed by atoms with Crippen LogP contribution in [0.4, 0.5) is 0 Å². The van der Waals surface area contributed by atoms with Crippen LogP contribution in [0.3, 0.4) is 0 Å². The van der Waals surface area contributed by atoms with Gasteiger partial charge < -0.3 is 0 Å². The number of thioether (sulfide) groups is 1. The predicted molar refractivity (Wildman–Crippen MR) is 74.9 cm³/mol. The van der Waals surface area contributed by atoms with Gasteiger partial charge in [-0.3, -0.25) is 9.59 Å². The Morgan fingerprint density at radius 1 is 1.11 bits per heavy atom. The lowest BCUT2D eigenvalue weighted by Gasteiger charge is -2.08. The Bertz CT molecular complexity index is 617. The van der Waals surface area contributed by atoms with Gasteiger partial charge in [0.1, 0.15) is 5.78 Å². The molecule has 0 spiro atoms. The highest BCUT2D eigenvalue weighted by molar-refractivity contribution is 8.13.